The maximum atomic E-state index is 12.2. The Hall–Kier alpha value is -2.83. The summed E-state index contributed by atoms with van der Waals surface area (Å²) >= 11 is 0. The lowest BCUT2D eigenvalue weighted by molar-refractivity contribution is 0.0943. The van der Waals surface area contributed by atoms with E-state index in [4.69, 9.17) is 0 Å². The Morgan fingerprint density at radius 1 is 1.16 bits per heavy atom. The van der Waals surface area contributed by atoms with E-state index in [1.165, 1.54) is 36.0 Å². The van der Waals surface area contributed by atoms with Crippen LogP contribution in [-0.4, -0.2) is 34.7 Å². The van der Waals surface area contributed by atoms with Gasteiger partial charge in [-0.25, -0.2) is 4.79 Å². The van der Waals surface area contributed by atoms with E-state index < -0.39 is 17.2 Å². The van der Waals surface area contributed by atoms with Gasteiger partial charge in [0.1, 0.15) is 5.69 Å². The molecule has 3 rings (SSSR count). The number of carbonyl (C=O) groups excluding carboxylic acids is 1. The molecule has 1 aliphatic rings. The number of amides is 1. The normalized spacial score (nSPS) is 13.0. The van der Waals surface area contributed by atoms with Gasteiger partial charge in [0.05, 0.1) is 0 Å². The van der Waals surface area contributed by atoms with Gasteiger partial charge in [-0.15, -0.1) is 0 Å². The summed E-state index contributed by atoms with van der Waals surface area (Å²) in [6.45, 7) is 2.34. The Morgan fingerprint density at radius 3 is 2.72 bits per heavy atom. The van der Waals surface area contributed by atoms with Gasteiger partial charge in [0.2, 0.25) is 0 Å². The maximum absolute atomic E-state index is 12.2. The summed E-state index contributed by atoms with van der Waals surface area (Å²) in [5.41, 5.74) is 1.72. The van der Waals surface area contributed by atoms with Crippen molar-refractivity contribution >= 4 is 11.6 Å². The zero-order chi connectivity index (χ0) is 18.0. The van der Waals surface area contributed by atoms with Crippen molar-refractivity contribution in [3.63, 3.8) is 0 Å². The fourth-order valence-electron chi connectivity index (χ4n) is 3.15. The van der Waals surface area contributed by atoms with Crippen LogP contribution in [0.2, 0.25) is 0 Å². The van der Waals surface area contributed by atoms with Gasteiger partial charge in [-0.2, -0.15) is 0 Å². The van der Waals surface area contributed by atoms with Crippen LogP contribution in [0.5, 0.6) is 0 Å². The van der Waals surface area contributed by atoms with Crippen LogP contribution in [-0.2, 0) is 20.5 Å². The monoisotopic (exact) mass is 342 g/mol. The summed E-state index contributed by atoms with van der Waals surface area (Å²) < 4.78 is 2.16. The van der Waals surface area contributed by atoms with Crippen LogP contribution in [0.1, 0.15) is 22.5 Å². The molecule has 0 atom stereocenters. The first kappa shape index (κ1) is 17.0. The van der Waals surface area contributed by atoms with Crippen molar-refractivity contribution in [3.05, 3.63) is 62.4 Å². The zero-order valence-corrected chi connectivity index (χ0v) is 14.5. The maximum Gasteiger partial charge on any atom is 0.331 e. The molecule has 1 aromatic carbocycles. The van der Waals surface area contributed by atoms with Gasteiger partial charge in [-0.1, -0.05) is 18.2 Å². The lowest BCUT2D eigenvalue weighted by Crippen LogP contribution is -2.41. The van der Waals surface area contributed by atoms with Crippen LogP contribution in [0.15, 0.2) is 39.9 Å². The highest BCUT2D eigenvalue weighted by molar-refractivity contribution is 5.92. The molecule has 25 heavy (non-hydrogen) atoms. The Morgan fingerprint density at radius 2 is 1.92 bits per heavy atom. The van der Waals surface area contributed by atoms with Gasteiger partial charge < -0.3 is 10.2 Å². The number of anilines is 1. The predicted molar refractivity (Wildman–Crippen MR) is 96.2 cm³/mol. The second-order valence-corrected chi connectivity index (χ2v) is 6.24. The number of aromatic nitrogens is 2. The molecule has 0 spiro atoms. The summed E-state index contributed by atoms with van der Waals surface area (Å²) in [7, 11) is 2.87. The van der Waals surface area contributed by atoms with Crippen LogP contribution in [0, 0.1) is 0 Å². The molecule has 0 aliphatic carbocycles. The van der Waals surface area contributed by atoms with Crippen LogP contribution in [0.25, 0.3) is 0 Å². The number of rotatable bonds is 5. The Balaban J connectivity index is 1.56. The predicted octanol–water partition coefficient (Wildman–Crippen LogP) is 0.267. The Labute approximate surface area is 145 Å². The van der Waals surface area contributed by atoms with E-state index in [9.17, 15) is 14.4 Å². The minimum absolute atomic E-state index is 0.0830. The van der Waals surface area contributed by atoms with E-state index in [2.05, 4.69) is 28.4 Å². The van der Waals surface area contributed by atoms with Crippen molar-refractivity contribution < 1.29 is 4.79 Å². The topological polar surface area (TPSA) is 76.3 Å². The fourth-order valence-corrected chi connectivity index (χ4v) is 3.15. The largest absolute Gasteiger partial charge is 0.371 e. The third kappa shape index (κ3) is 3.35. The smallest absolute Gasteiger partial charge is 0.331 e. The number of carbonyl (C=O) groups is 1. The fraction of sp³-hybridized carbons (Fsp3) is 0.389. The second kappa shape index (κ2) is 6.96. The number of fused-ring (bicyclic) bond motifs is 1. The first-order chi connectivity index (χ1) is 12.0. The van der Waals surface area contributed by atoms with E-state index >= 15 is 0 Å². The van der Waals surface area contributed by atoms with Gasteiger partial charge >= 0.3 is 5.69 Å². The molecule has 0 unspecified atom stereocenters. The van der Waals surface area contributed by atoms with E-state index in [1.807, 2.05) is 6.07 Å². The highest BCUT2D eigenvalue weighted by atomic mass is 16.2. The molecule has 0 bridgehead atoms. The summed E-state index contributed by atoms with van der Waals surface area (Å²) in [5, 5.41) is 2.79. The second-order valence-electron chi connectivity index (χ2n) is 6.24. The number of hydrogen-bond acceptors (Lipinski definition) is 4. The van der Waals surface area contributed by atoms with Crippen LogP contribution >= 0.6 is 0 Å². The van der Waals surface area contributed by atoms with Gasteiger partial charge in [0.15, 0.2) is 0 Å². The molecular weight excluding hydrogens is 320 g/mol. The highest BCUT2D eigenvalue weighted by Crippen LogP contribution is 2.27. The van der Waals surface area contributed by atoms with Crippen LogP contribution in [0.3, 0.4) is 0 Å². The minimum Gasteiger partial charge on any atom is -0.371 e. The molecule has 0 saturated heterocycles. The van der Waals surface area contributed by atoms with E-state index in [1.54, 1.807) is 0 Å². The number of benzene rings is 1. The standard InChI is InChI=1S/C18H22N4O3/c1-20-15(12-16(23)21(2)18(20)25)17(24)19-9-5-10-22-11-8-13-6-3-4-7-14(13)22/h3-4,6-7,12H,5,8-11H2,1-2H3,(H,19,24). The molecule has 0 saturated carbocycles. The molecular formula is C18H22N4O3. The van der Waals surface area contributed by atoms with Crippen molar-refractivity contribution in [2.75, 3.05) is 24.5 Å². The van der Waals surface area contributed by atoms with E-state index in [0.717, 1.165) is 30.5 Å². The van der Waals surface area contributed by atoms with Crippen molar-refractivity contribution in [2.24, 2.45) is 14.1 Å². The van der Waals surface area contributed by atoms with Gasteiger partial charge in [-0.3, -0.25) is 18.7 Å². The first-order valence-corrected chi connectivity index (χ1v) is 8.37. The Kier molecular flexibility index (Phi) is 4.74. The lowest BCUT2D eigenvalue weighted by atomic mass is 10.2. The summed E-state index contributed by atoms with van der Waals surface area (Å²) in [6, 6.07) is 9.55. The zero-order valence-electron chi connectivity index (χ0n) is 14.5. The van der Waals surface area contributed by atoms with Crippen molar-refractivity contribution in [3.8, 4) is 0 Å². The molecule has 2 heterocycles. The van der Waals surface area contributed by atoms with Crippen molar-refractivity contribution in [2.45, 2.75) is 12.8 Å². The summed E-state index contributed by atoms with van der Waals surface area (Å²) in [4.78, 5) is 38.1. The third-order valence-electron chi connectivity index (χ3n) is 4.63. The van der Waals surface area contributed by atoms with E-state index in [-0.39, 0.29) is 5.69 Å². The molecule has 2 aromatic rings. The summed E-state index contributed by atoms with van der Waals surface area (Å²) in [6.07, 6.45) is 1.84. The number of hydrogen-bond donors (Lipinski definition) is 1. The first-order valence-electron chi connectivity index (χ1n) is 8.37. The SMILES string of the molecule is Cn1c(C(=O)NCCCN2CCc3ccccc32)cc(=O)n(C)c1=O. The van der Waals surface area contributed by atoms with E-state index in [0.29, 0.717) is 6.54 Å². The highest BCUT2D eigenvalue weighted by Gasteiger charge is 2.18. The van der Waals surface area contributed by atoms with Gasteiger partial charge in [0.25, 0.3) is 11.5 Å². The van der Waals surface area contributed by atoms with Crippen molar-refractivity contribution in [1.82, 2.24) is 14.5 Å². The number of nitrogens with zero attached hydrogens (tertiary/aromatic N) is 3. The van der Waals surface area contributed by atoms with Gasteiger partial charge in [-0.05, 0) is 24.5 Å². The quantitative estimate of drug-likeness (QED) is 0.791. The number of para-hydroxylation sites is 1. The van der Waals surface area contributed by atoms with Crippen molar-refractivity contribution in [1.29, 1.82) is 0 Å². The summed E-state index contributed by atoms with van der Waals surface area (Å²) in [5.74, 6) is -0.404. The molecule has 0 fully saturated rings. The van der Waals surface area contributed by atoms with Crippen LogP contribution < -0.4 is 21.5 Å². The average molecular weight is 342 g/mol. The third-order valence-corrected chi connectivity index (χ3v) is 4.63. The molecule has 1 amide bonds. The average Bonchev–Trinajstić information content (AvgIpc) is 3.03. The lowest BCUT2D eigenvalue weighted by Gasteiger charge is -2.19. The Bertz CT molecular complexity index is 913. The van der Waals surface area contributed by atoms with Crippen LogP contribution in [0.4, 0.5) is 5.69 Å². The molecule has 7 heteroatoms. The minimum atomic E-state index is -0.508. The molecule has 1 N–H and O–H groups in total. The molecule has 7 nitrogen and oxygen atoms in total. The molecule has 0 radical (unpaired) electrons. The van der Waals surface area contributed by atoms with Gasteiger partial charge in [0, 0.05) is 45.5 Å². The molecule has 1 aromatic heterocycles. The molecule has 1 aliphatic heterocycles. The molecule has 132 valence electrons. The number of nitrogens with one attached hydrogen (secondary N) is 1.